The van der Waals surface area contributed by atoms with E-state index in [0.717, 1.165) is 55.9 Å². The van der Waals surface area contributed by atoms with Crippen LogP contribution in [0.1, 0.15) is 79.0 Å². The summed E-state index contributed by atoms with van der Waals surface area (Å²) in [4.78, 5) is 57.6. The number of Topliss-reactive ketones (excluding diaryl/α,β-unsaturated/α-hetero) is 1. The van der Waals surface area contributed by atoms with Gasteiger partial charge in [0.25, 0.3) is 16.0 Å². The number of aliphatic hydroxyl groups is 1. The molecule has 1 aromatic carbocycles. The zero-order valence-electron chi connectivity index (χ0n) is 29.6. The molecule has 0 spiro atoms. The molecule has 0 aliphatic heterocycles. The zero-order chi connectivity index (χ0) is 37.2. The second-order valence-corrected chi connectivity index (χ2v) is 15.3. The second kappa shape index (κ2) is 21.8. The molecule has 16 heteroatoms. The summed E-state index contributed by atoms with van der Waals surface area (Å²) in [7, 11) is -1.36. The van der Waals surface area contributed by atoms with Gasteiger partial charge >= 0.3 is 0 Å². The minimum atomic E-state index is -4.02. The van der Waals surface area contributed by atoms with E-state index in [1.165, 1.54) is 20.4 Å². The number of carbonyl (C=O) groups excluding carboxylic acids is 4. The predicted molar refractivity (Wildman–Crippen MR) is 189 cm³/mol. The summed E-state index contributed by atoms with van der Waals surface area (Å²) in [5, 5.41) is 19.5. The van der Waals surface area contributed by atoms with E-state index in [1.807, 2.05) is 30.3 Å². The molecule has 0 saturated carbocycles. The van der Waals surface area contributed by atoms with Crippen LogP contribution in [0.2, 0.25) is 0 Å². The van der Waals surface area contributed by atoms with Gasteiger partial charge in [-0.1, -0.05) is 69.4 Å². The molecular weight excluding hydrogens is 689 g/mol. The van der Waals surface area contributed by atoms with E-state index >= 15 is 0 Å². The number of benzene rings is 1. The molecule has 14 nitrogen and oxygen atoms in total. The molecule has 2 rings (SSSR count). The van der Waals surface area contributed by atoms with Crippen LogP contribution in [-0.2, 0) is 44.6 Å². The number of thiazole rings is 1. The van der Waals surface area contributed by atoms with Crippen LogP contribution in [0.25, 0.3) is 0 Å². The summed E-state index contributed by atoms with van der Waals surface area (Å²) in [5.41, 5.74) is -1.43. The van der Waals surface area contributed by atoms with E-state index in [0.29, 0.717) is 17.8 Å². The fourth-order valence-corrected chi connectivity index (χ4v) is 6.70. The quantitative estimate of drug-likeness (QED) is 0.0862. The van der Waals surface area contributed by atoms with Gasteiger partial charge in [-0.25, -0.2) is 4.98 Å². The van der Waals surface area contributed by atoms with Crippen LogP contribution >= 0.6 is 11.3 Å². The van der Waals surface area contributed by atoms with Crippen LogP contribution in [-0.4, -0.2) is 106 Å². The standard InChI is InChI=1S/C34H52N4O10S2/c1-6-7-8-9-10-14-19-50(44,45)48-23-34(3,43)30(39)26(18-17-25-15-12-11-13-16-25)36-31(40)27(21-46-4)37-32(41)28(22-47-5)38-33(42)29-20-35-24(2)49-29/h11-13,15-16,20,26-28,43H,6-10,14,17-19,21-23H2,1-5H3,(H,36,40)(H,37,41)(H,38,42)/t26-,27-,28-,34+/m0/s1. The van der Waals surface area contributed by atoms with Gasteiger partial charge in [-0.2, -0.15) is 8.42 Å². The molecule has 0 aliphatic rings. The Bertz CT molecular complexity index is 1470. The Kier molecular flexibility index (Phi) is 18.7. The average Bonchev–Trinajstić information content (AvgIpc) is 3.53. The Balaban J connectivity index is 2.17. The zero-order valence-corrected chi connectivity index (χ0v) is 31.2. The second-order valence-electron chi connectivity index (χ2n) is 12.3. The number of hydrogen-bond donors (Lipinski definition) is 4. The van der Waals surface area contributed by atoms with E-state index in [9.17, 15) is 32.7 Å². The highest BCUT2D eigenvalue weighted by atomic mass is 32.2. The number of nitrogens with one attached hydrogen (secondary N) is 3. The maximum atomic E-state index is 13.7. The summed E-state index contributed by atoms with van der Waals surface area (Å²) in [6.45, 7) is 3.62. The summed E-state index contributed by atoms with van der Waals surface area (Å²) in [6, 6.07) is 5.34. The molecule has 0 saturated heterocycles. The number of unbranched alkanes of at least 4 members (excludes halogenated alkanes) is 5. The number of aryl methyl sites for hydroxylation is 2. The monoisotopic (exact) mass is 740 g/mol. The number of hydrogen-bond acceptors (Lipinski definition) is 12. The van der Waals surface area contributed by atoms with Gasteiger partial charge in [-0.3, -0.25) is 23.4 Å². The van der Waals surface area contributed by atoms with Gasteiger partial charge in [0.1, 0.15) is 29.2 Å². The molecule has 0 unspecified atom stereocenters. The van der Waals surface area contributed by atoms with Gasteiger partial charge in [-0.15, -0.1) is 11.3 Å². The molecular formula is C34H52N4O10S2. The highest BCUT2D eigenvalue weighted by Crippen LogP contribution is 2.17. The average molecular weight is 741 g/mol. The third-order valence-electron chi connectivity index (χ3n) is 7.76. The van der Waals surface area contributed by atoms with Gasteiger partial charge in [0.2, 0.25) is 11.8 Å². The van der Waals surface area contributed by atoms with E-state index in [1.54, 1.807) is 6.92 Å². The van der Waals surface area contributed by atoms with Crippen molar-refractivity contribution in [1.82, 2.24) is 20.9 Å². The van der Waals surface area contributed by atoms with E-state index in [2.05, 4.69) is 27.9 Å². The van der Waals surface area contributed by atoms with Crippen molar-refractivity contribution in [3.05, 3.63) is 52.0 Å². The molecule has 0 aliphatic carbocycles. The third kappa shape index (κ3) is 15.3. The fraction of sp³-hybridized carbons (Fsp3) is 0.618. The van der Waals surface area contributed by atoms with Crippen molar-refractivity contribution in [2.24, 2.45) is 0 Å². The molecule has 0 bridgehead atoms. The van der Waals surface area contributed by atoms with E-state index in [-0.39, 0.29) is 30.3 Å². The molecule has 4 atom stereocenters. The maximum Gasteiger partial charge on any atom is 0.267 e. The first-order valence-electron chi connectivity index (χ1n) is 16.7. The first kappa shape index (κ1) is 42.9. The first-order chi connectivity index (χ1) is 23.7. The molecule has 3 amide bonds. The Labute approximate surface area is 299 Å². The van der Waals surface area contributed by atoms with Crippen molar-refractivity contribution in [2.75, 3.05) is 39.8 Å². The van der Waals surface area contributed by atoms with Gasteiger partial charge < -0.3 is 30.5 Å². The van der Waals surface area contributed by atoms with Crippen LogP contribution in [0.4, 0.5) is 0 Å². The van der Waals surface area contributed by atoms with Crippen LogP contribution < -0.4 is 16.0 Å². The Morgan fingerprint density at radius 3 is 2.06 bits per heavy atom. The predicted octanol–water partition coefficient (Wildman–Crippen LogP) is 2.47. The fourth-order valence-electron chi connectivity index (χ4n) is 4.93. The highest BCUT2D eigenvalue weighted by molar-refractivity contribution is 7.86. The van der Waals surface area contributed by atoms with E-state index < -0.39 is 64.0 Å². The maximum absolute atomic E-state index is 13.7. The molecule has 4 N–H and O–H groups in total. The minimum absolute atomic E-state index is 0.0412. The topological polar surface area (TPSA) is 199 Å². The van der Waals surface area contributed by atoms with Crippen LogP contribution in [0.3, 0.4) is 0 Å². The molecule has 50 heavy (non-hydrogen) atoms. The number of carbonyl (C=O) groups is 4. The van der Waals surface area contributed by atoms with Crippen molar-refractivity contribution < 1.29 is 46.4 Å². The first-order valence-corrected chi connectivity index (χ1v) is 19.1. The Morgan fingerprint density at radius 1 is 0.900 bits per heavy atom. The summed E-state index contributed by atoms with van der Waals surface area (Å²) < 4.78 is 40.5. The van der Waals surface area contributed by atoms with Crippen molar-refractivity contribution in [1.29, 1.82) is 0 Å². The summed E-state index contributed by atoms with van der Waals surface area (Å²) in [5.74, 6) is -3.22. The number of aromatic nitrogens is 1. The normalized spacial score (nSPS) is 14.6. The summed E-state index contributed by atoms with van der Waals surface area (Å²) in [6.07, 6.45) is 6.93. The van der Waals surface area contributed by atoms with Crippen LogP contribution in [0.15, 0.2) is 36.5 Å². The largest absolute Gasteiger partial charge is 0.382 e. The Hall–Kier alpha value is -3.28. The smallest absolute Gasteiger partial charge is 0.267 e. The SMILES string of the molecule is CCCCCCCCS(=O)(=O)OC[C@@](C)(O)C(=O)[C@H](CCc1ccccc1)NC(=O)[C@H](COC)NC(=O)[C@H](COC)NC(=O)c1cnc(C)s1. The lowest BCUT2D eigenvalue weighted by Crippen LogP contribution is -2.59. The third-order valence-corrected chi connectivity index (χ3v) is 9.94. The number of nitrogens with zero attached hydrogens (tertiary/aromatic N) is 1. The van der Waals surface area contributed by atoms with Crippen molar-refractivity contribution in [3.63, 3.8) is 0 Å². The highest BCUT2D eigenvalue weighted by Gasteiger charge is 2.39. The number of methoxy groups -OCH3 is 2. The number of ether oxygens (including phenoxy) is 2. The number of ketones is 1. The van der Waals surface area contributed by atoms with Crippen molar-refractivity contribution in [2.45, 2.75) is 95.9 Å². The Morgan fingerprint density at radius 2 is 1.48 bits per heavy atom. The van der Waals surface area contributed by atoms with Gasteiger partial charge in [-0.05, 0) is 38.7 Å². The van der Waals surface area contributed by atoms with E-state index in [4.69, 9.17) is 13.7 Å². The van der Waals surface area contributed by atoms with Gasteiger partial charge in [0.05, 0.1) is 36.2 Å². The minimum Gasteiger partial charge on any atom is -0.382 e. The van der Waals surface area contributed by atoms with Crippen molar-refractivity contribution in [3.8, 4) is 0 Å². The number of rotatable bonds is 25. The lowest BCUT2D eigenvalue weighted by molar-refractivity contribution is -0.143. The van der Waals surface area contributed by atoms with Crippen LogP contribution in [0.5, 0.6) is 0 Å². The molecule has 280 valence electrons. The lowest BCUT2D eigenvalue weighted by atomic mass is 9.91. The molecule has 1 heterocycles. The molecule has 0 fully saturated rings. The van der Waals surface area contributed by atoms with Crippen molar-refractivity contribution >= 4 is 45.0 Å². The van der Waals surface area contributed by atoms with Gasteiger partial charge in [0.15, 0.2) is 5.78 Å². The lowest BCUT2D eigenvalue weighted by Gasteiger charge is -2.29. The summed E-state index contributed by atoms with van der Waals surface area (Å²) >= 11 is 1.15. The van der Waals surface area contributed by atoms with Gasteiger partial charge in [0, 0.05) is 14.2 Å². The number of amides is 3. The van der Waals surface area contributed by atoms with Crippen LogP contribution in [0, 0.1) is 6.92 Å². The molecule has 1 aromatic heterocycles. The molecule has 0 radical (unpaired) electrons. The molecule has 2 aromatic rings.